The lowest BCUT2D eigenvalue weighted by Crippen LogP contribution is -2.61. The van der Waals surface area contributed by atoms with Gasteiger partial charge in [-0.25, -0.2) is 0 Å². The van der Waals surface area contributed by atoms with Gasteiger partial charge in [0.15, 0.2) is 12.1 Å². The predicted octanol–water partition coefficient (Wildman–Crippen LogP) is 15.4. The van der Waals surface area contributed by atoms with Gasteiger partial charge in [0, 0.05) is 81.5 Å². The molecular formula is C68H97N5O4S8. The third-order valence-corrected chi connectivity index (χ3v) is 25.5. The Morgan fingerprint density at radius 2 is 1.14 bits per heavy atom. The van der Waals surface area contributed by atoms with Crippen LogP contribution in [0.5, 0.6) is 0 Å². The van der Waals surface area contributed by atoms with E-state index in [9.17, 15) is 0 Å². The average molecular weight is 1310 g/mol. The maximum Gasteiger partial charge on any atom is 0.193 e. The minimum absolute atomic E-state index is 0.00482. The largest absolute Gasteiger partial charge is 0.350 e. The molecule has 17 heteroatoms. The van der Waals surface area contributed by atoms with Crippen LogP contribution in [0.15, 0.2) is 152 Å². The van der Waals surface area contributed by atoms with Crippen molar-refractivity contribution in [3.8, 4) is 0 Å². The molecule has 9 unspecified atom stereocenters. The van der Waals surface area contributed by atoms with E-state index in [-0.39, 0.29) is 50.2 Å². The number of thiol groups is 3. The molecule has 4 fully saturated rings. The number of hydrogen-bond acceptors (Lipinski definition) is 17. The van der Waals surface area contributed by atoms with Gasteiger partial charge in [-0.15, -0.1) is 58.8 Å². The summed E-state index contributed by atoms with van der Waals surface area (Å²) < 4.78 is 25.2. The third kappa shape index (κ3) is 23.3. The van der Waals surface area contributed by atoms with Crippen LogP contribution in [0.2, 0.25) is 0 Å². The fourth-order valence-electron chi connectivity index (χ4n) is 11.4. The highest BCUT2D eigenvalue weighted by molar-refractivity contribution is 8.21. The van der Waals surface area contributed by atoms with Gasteiger partial charge in [0.25, 0.3) is 0 Å². The minimum atomic E-state index is -0.940. The number of nitrogens with two attached hydrogens (primary N) is 1. The van der Waals surface area contributed by atoms with Crippen molar-refractivity contribution in [3.63, 3.8) is 0 Å². The molecule has 3 saturated heterocycles. The van der Waals surface area contributed by atoms with Crippen LogP contribution in [0.1, 0.15) is 134 Å². The maximum atomic E-state index is 7.38. The first-order valence-electron chi connectivity index (χ1n) is 31.2. The lowest BCUT2D eigenvalue weighted by molar-refractivity contribution is -0.179. The summed E-state index contributed by atoms with van der Waals surface area (Å²) in [5.74, 6) is 2.76. The van der Waals surface area contributed by atoms with Crippen LogP contribution in [0, 0.1) is 5.92 Å². The van der Waals surface area contributed by atoms with Crippen LogP contribution in [0.4, 0.5) is 0 Å². The van der Waals surface area contributed by atoms with Gasteiger partial charge in [-0.2, -0.15) is 37.9 Å². The minimum Gasteiger partial charge on any atom is -0.350 e. The second kappa shape index (κ2) is 37.8. The van der Waals surface area contributed by atoms with Crippen LogP contribution in [0.3, 0.4) is 0 Å². The topological polar surface area (TPSA) is 111 Å². The Bertz CT molecular complexity index is 2540. The maximum absolute atomic E-state index is 7.38. The SMILES string of the molecule is CC(C)CC(NC(SCC(S)c1ccccc1)C(Cc1ccccc1)NC(SCC(S)c1ccccc1)C1(CCC2OCCO2)OCCO1)C(NC[C@@]1(N)SCC(c2ccccc2)S1)SCC(S)c1ccccc1.CCCNC1CCCCCC1. The molecule has 4 aliphatic rings. The summed E-state index contributed by atoms with van der Waals surface area (Å²) in [6.45, 7) is 11.0. The molecule has 85 heavy (non-hydrogen) atoms. The Hall–Kier alpha value is -1.46. The van der Waals surface area contributed by atoms with Crippen LogP contribution in [-0.2, 0) is 25.4 Å². The van der Waals surface area contributed by atoms with Crippen molar-refractivity contribution in [2.75, 3.05) is 62.5 Å². The zero-order valence-corrected chi connectivity index (χ0v) is 57.1. The molecule has 0 radical (unpaired) electrons. The van der Waals surface area contributed by atoms with Crippen molar-refractivity contribution in [1.82, 2.24) is 21.3 Å². The average Bonchev–Trinajstić information content (AvgIpc) is 4.32. The molecular weight excluding hydrogens is 1210 g/mol. The van der Waals surface area contributed by atoms with E-state index in [0.29, 0.717) is 57.0 Å². The van der Waals surface area contributed by atoms with E-state index in [1.165, 1.54) is 79.3 Å². The van der Waals surface area contributed by atoms with Crippen LogP contribution in [0.25, 0.3) is 0 Å². The molecule has 1 aliphatic carbocycles. The lowest BCUT2D eigenvalue weighted by Gasteiger charge is -2.42. The van der Waals surface area contributed by atoms with Crippen molar-refractivity contribution < 1.29 is 18.9 Å². The van der Waals surface area contributed by atoms with Crippen LogP contribution < -0.4 is 27.0 Å². The standard InChI is InChI=1S/C58H76N4O4S8.C10H21N/c1-41(2)34-47(54(70-36-49(67)43-20-10-4-11-21-43)60-40-58(59)73-39-52(74-58)46-26-16-7-17-27-46)61-55(71-37-50(68)44-22-12-5-13-23-44)48(35-42-18-8-3-9-19-42)62-56(72-38-51(69)45-24-14-6-15-25-45)57(65-32-33-66-57)29-28-53-63-30-31-64-53;1-2-9-11-10-7-5-3-4-6-8-10/h3-27,41,47-56,60-62,67-69H,28-40,59H2,1-2H3;10-11H,2-9H2,1H3/t47?,48?,49?,50?,51?,52?,54?,55?,56?,58-;/m1./s1. The molecule has 9 rings (SSSR count). The van der Waals surface area contributed by atoms with Crippen LogP contribution in [-0.4, -0.2) is 113 Å². The molecule has 0 aromatic heterocycles. The molecule has 1 saturated carbocycles. The van der Waals surface area contributed by atoms with E-state index >= 15 is 0 Å². The van der Waals surface area contributed by atoms with E-state index in [4.69, 9.17) is 62.6 Å². The number of ether oxygens (including phenoxy) is 4. The first kappa shape index (κ1) is 69.4. The zero-order chi connectivity index (χ0) is 59.5. The summed E-state index contributed by atoms with van der Waals surface area (Å²) in [5, 5.41) is 16.5. The van der Waals surface area contributed by atoms with Gasteiger partial charge < -0.3 is 35.3 Å². The summed E-state index contributed by atoms with van der Waals surface area (Å²) in [6, 6.07) is 54.4. The number of benzene rings is 5. The molecule has 3 aliphatic heterocycles. The van der Waals surface area contributed by atoms with E-state index in [2.05, 4.69) is 194 Å². The molecule has 3 heterocycles. The van der Waals surface area contributed by atoms with E-state index < -0.39 is 9.99 Å². The van der Waals surface area contributed by atoms with Gasteiger partial charge in [-0.3, -0.25) is 10.6 Å². The quantitative estimate of drug-likeness (QED) is 0.0116. The Labute approximate surface area is 549 Å². The van der Waals surface area contributed by atoms with Crippen molar-refractivity contribution >= 4 is 96.7 Å². The molecule has 6 N–H and O–H groups in total. The lowest BCUT2D eigenvalue weighted by atomic mass is 10.0. The first-order chi connectivity index (χ1) is 41.5. The van der Waals surface area contributed by atoms with Gasteiger partial charge in [-0.1, -0.05) is 198 Å². The highest BCUT2D eigenvalue weighted by Crippen LogP contribution is 2.52. The monoisotopic (exact) mass is 1300 g/mol. The summed E-state index contributed by atoms with van der Waals surface area (Å²) in [7, 11) is 0. The smallest absolute Gasteiger partial charge is 0.193 e. The molecule has 0 spiro atoms. The highest BCUT2D eigenvalue weighted by Gasteiger charge is 2.48. The molecule has 466 valence electrons. The molecule has 9 nitrogen and oxygen atoms in total. The van der Waals surface area contributed by atoms with Crippen molar-refractivity contribution in [1.29, 1.82) is 0 Å². The normalized spacial score (nSPS) is 22.2. The van der Waals surface area contributed by atoms with Gasteiger partial charge in [0.05, 0.1) is 37.2 Å². The van der Waals surface area contributed by atoms with Crippen molar-refractivity contribution in [3.05, 3.63) is 179 Å². The summed E-state index contributed by atoms with van der Waals surface area (Å²) in [4.78, 5) is 0. The second-order valence-electron chi connectivity index (χ2n) is 23.2. The summed E-state index contributed by atoms with van der Waals surface area (Å²) in [6.07, 6.45) is 12.6. The van der Waals surface area contributed by atoms with Gasteiger partial charge >= 0.3 is 0 Å². The highest BCUT2D eigenvalue weighted by atomic mass is 32.2. The van der Waals surface area contributed by atoms with E-state index in [0.717, 1.165) is 41.9 Å². The second-order valence-corrected chi connectivity index (χ2v) is 31.7. The van der Waals surface area contributed by atoms with Crippen molar-refractivity contribution in [2.24, 2.45) is 11.7 Å². The van der Waals surface area contributed by atoms with E-state index in [1.807, 2.05) is 58.8 Å². The predicted molar refractivity (Wildman–Crippen MR) is 380 cm³/mol. The fourth-order valence-corrected chi connectivity index (χ4v) is 19.6. The van der Waals surface area contributed by atoms with Crippen LogP contribution >= 0.6 is 96.7 Å². The Kier molecular flexibility index (Phi) is 30.9. The Morgan fingerprint density at radius 3 is 1.68 bits per heavy atom. The Balaban J connectivity index is 0.000000768. The summed E-state index contributed by atoms with van der Waals surface area (Å²) >= 11 is 25.2. The van der Waals surface area contributed by atoms with Gasteiger partial charge in [-0.05, 0) is 72.4 Å². The molecule has 0 bridgehead atoms. The molecule has 0 amide bonds. The zero-order valence-electron chi connectivity index (χ0n) is 50.3. The number of rotatable bonds is 33. The molecule has 5 aromatic carbocycles. The Morgan fingerprint density at radius 1 is 0.624 bits per heavy atom. The number of thioether (sulfide) groups is 5. The first-order valence-corrected chi connectivity index (χ1v) is 37.8. The summed E-state index contributed by atoms with van der Waals surface area (Å²) in [5.41, 5.74) is 13.6. The van der Waals surface area contributed by atoms with E-state index in [1.54, 1.807) is 0 Å². The van der Waals surface area contributed by atoms with Gasteiger partial charge in [0.2, 0.25) is 0 Å². The molecule has 5 aromatic rings. The molecule has 10 atom stereocenters. The number of hydrogen-bond donors (Lipinski definition) is 8. The number of nitrogens with one attached hydrogen (secondary N) is 4. The van der Waals surface area contributed by atoms with Gasteiger partial charge in [0.1, 0.15) is 9.58 Å². The third-order valence-electron chi connectivity index (χ3n) is 16.0. The van der Waals surface area contributed by atoms with Crippen molar-refractivity contribution in [2.45, 2.75) is 163 Å². The fraction of sp³-hybridized carbons (Fsp3) is 0.559.